The summed E-state index contributed by atoms with van der Waals surface area (Å²) < 4.78 is 0. The fourth-order valence-electron chi connectivity index (χ4n) is 1.55. The lowest BCUT2D eigenvalue weighted by molar-refractivity contribution is -0.118. The standard InChI is InChI=1S/C13H15N3OS/c1-2-7-14-13(17)9-18-8-12-15-10-5-3-4-6-11(10)16-12/h2-6H,1,7-9H2,(H,14,17)(H,15,16). The molecule has 0 bridgehead atoms. The first kappa shape index (κ1) is 12.7. The number of hydrogen-bond donors (Lipinski definition) is 2. The smallest absolute Gasteiger partial charge is 0.230 e. The fourth-order valence-corrected chi connectivity index (χ4v) is 2.27. The highest BCUT2D eigenvalue weighted by Crippen LogP contribution is 2.14. The molecule has 0 saturated carbocycles. The summed E-state index contributed by atoms with van der Waals surface area (Å²) in [5, 5.41) is 2.74. The van der Waals surface area contributed by atoms with Crippen molar-refractivity contribution < 1.29 is 4.79 Å². The summed E-state index contributed by atoms with van der Waals surface area (Å²) in [5.41, 5.74) is 1.99. The molecule has 0 aliphatic heterocycles. The van der Waals surface area contributed by atoms with Crippen molar-refractivity contribution in [1.29, 1.82) is 0 Å². The summed E-state index contributed by atoms with van der Waals surface area (Å²) in [5.74, 6) is 2.06. The van der Waals surface area contributed by atoms with Crippen LogP contribution in [-0.2, 0) is 10.5 Å². The Balaban J connectivity index is 1.83. The Morgan fingerprint density at radius 3 is 3.11 bits per heavy atom. The number of imidazole rings is 1. The normalized spacial score (nSPS) is 10.4. The topological polar surface area (TPSA) is 57.8 Å². The second-order valence-corrected chi connectivity index (χ2v) is 4.77. The van der Waals surface area contributed by atoms with E-state index in [-0.39, 0.29) is 5.91 Å². The molecule has 2 aromatic rings. The molecule has 0 atom stereocenters. The molecule has 2 rings (SSSR count). The SMILES string of the molecule is C=CCNC(=O)CSCc1nc2ccccc2[nH]1. The number of amides is 1. The van der Waals surface area contributed by atoms with Crippen molar-refractivity contribution in [2.75, 3.05) is 12.3 Å². The molecule has 1 amide bonds. The maximum atomic E-state index is 11.4. The lowest BCUT2D eigenvalue weighted by atomic mass is 10.3. The molecule has 0 aliphatic rings. The Kier molecular flexibility index (Phi) is 4.41. The first-order valence-electron chi connectivity index (χ1n) is 5.68. The molecule has 0 radical (unpaired) electrons. The number of carbonyl (C=O) groups is 1. The van der Waals surface area contributed by atoms with Gasteiger partial charge in [-0.25, -0.2) is 4.98 Å². The molecule has 1 aromatic heterocycles. The van der Waals surface area contributed by atoms with E-state index in [4.69, 9.17) is 0 Å². The van der Waals surface area contributed by atoms with Gasteiger partial charge in [0.1, 0.15) is 5.82 Å². The molecule has 0 aliphatic carbocycles. The number of nitrogens with zero attached hydrogens (tertiary/aromatic N) is 1. The average molecular weight is 261 g/mol. The van der Waals surface area contributed by atoms with Gasteiger partial charge in [0.2, 0.25) is 5.91 Å². The zero-order chi connectivity index (χ0) is 12.8. The quantitative estimate of drug-likeness (QED) is 0.783. The Hall–Kier alpha value is -1.75. The lowest BCUT2D eigenvalue weighted by Gasteiger charge is -2.00. The third-order valence-electron chi connectivity index (χ3n) is 2.35. The number of aromatic amines is 1. The zero-order valence-electron chi connectivity index (χ0n) is 9.98. The lowest BCUT2D eigenvalue weighted by Crippen LogP contribution is -2.25. The number of benzene rings is 1. The van der Waals surface area contributed by atoms with E-state index >= 15 is 0 Å². The van der Waals surface area contributed by atoms with Gasteiger partial charge in [0.15, 0.2) is 0 Å². The minimum absolute atomic E-state index is 0.0241. The first-order chi connectivity index (χ1) is 8.79. The highest BCUT2D eigenvalue weighted by atomic mass is 32.2. The summed E-state index contributed by atoms with van der Waals surface area (Å²) in [6.07, 6.45) is 1.67. The van der Waals surface area contributed by atoms with Gasteiger partial charge >= 0.3 is 0 Å². The molecule has 94 valence electrons. The van der Waals surface area contributed by atoms with E-state index in [1.807, 2.05) is 24.3 Å². The van der Waals surface area contributed by atoms with E-state index in [0.29, 0.717) is 18.1 Å². The van der Waals surface area contributed by atoms with Crippen LogP contribution in [0.3, 0.4) is 0 Å². The molecule has 0 saturated heterocycles. The van der Waals surface area contributed by atoms with Crippen LogP contribution in [0.2, 0.25) is 0 Å². The predicted molar refractivity (Wildman–Crippen MR) is 75.5 cm³/mol. The maximum Gasteiger partial charge on any atom is 0.230 e. The van der Waals surface area contributed by atoms with Crippen LogP contribution in [0.5, 0.6) is 0 Å². The van der Waals surface area contributed by atoms with Crippen molar-refractivity contribution in [3.63, 3.8) is 0 Å². The number of hydrogen-bond acceptors (Lipinski definition) is 3. The number of nitrogens with one attached hydrogen (secondary N) is 2. The van der Waals surface area contributed by atoms with Gasteiger partial charge in [-0.2, -0.15) is 0 Å². The van der Waals surface area contributed by atoms with Crippen molar-refractivity contribution in [1.82, 2.24) is 15.3 Å². The number of para-hydroxylation sites is 2. The van der Waals surface area contributed by atoms with Crippen molar-refractivity contribution in [3.8, 4) is 0 Å². The number of fused-ring (bicyclic) bond motifs is 1. The van der Waals surface area contributed by atoms with Crippen LogP contribution in [0.4, 0.5) is 0 Å². The van der Waals surface area contributed by atoms with Crippen LogP contribution in [0, 0.1) is 0 Å². The third kappa shape index (κ3) is 3.37. The van der Waals surface area contributed by atoms with Crippen molar-refractivity contribution in [2.24, 2.45) is 0 Å². The van der Waals surface area contributed by atoms with Crippen LogP contribution in [-0.4, -0.2) is 28.2 Å². The molecular formula is C13H15N3OS. The van der Waals surface area contributed by atoms with Gasteiger partial charge < -0.3 is 10.3 Å². The van der Waals surface area contributed by atoms with Gasteiger partial charge in [0.25, 0.3) is 0 Å². The second kappa shape index (κ2) is 6.26. The molecule has 0 spiro atoms. The Bertz CT molecular complexity index is 517. The Morgan fingerprint density at radius 2 is 2.33 bits per heavy atom. The summed E-state index contributed by atoms with van der Waals surface area (Å²) >= 11 is 1.54. The van der Waals surface area contributed by atoms with Crippen LogP contribution in [0.15, 0.2) is 36.9 Å². The van der Waals surface area contributed by atoms with Crippen LogP contribution < -0.4 is 5.32 Å². The van der Waals surface area contributed by atoms with Gasteiger partial charge in [0, 0.05) is 6.54 Å². The second-order valence-electron chi connectivity index (χ2n) is 3.79. The van der Waals surface area contributed by atoms with Crippen LogP contribution in [0.1, 0.15) is 5.82 Å². The van der Waals surface area contributed by atoms with E-state index < -0.39 is 0 Å². The van der Waals surface area contributed by atoms with E-state index in [0.717, 1.165) is 16.9 Å². The minimum atomic E-state index is 0.0241. The monoisotopic (exact) mass is 261 g/mol. The number of rotatable bonds is 6. The molecule has 5 heteroatoms. The summed E-state index contributed by atoms with van der Waals surface area (Å²) in [6.45, 7) is 4.07. The van der Waals surface area contributed by atoms with E-state index in [9.17, 15) is 4.79 Å². The molecule has 0 unspecified atom stereocenters. The highest BCUT2D eigenvalue weighted by Gasteiger charge is 2.04. The van der Waals surface area contributed by atoms with Crippen LogP contribution >= 0.6 is 11.8 Å². The summed E-state index contributed by atoms with van der Waals surface area (Å²) in [6, 6.07) is 7.90. The van der Waals surface area contributed by atoms with E-state index in [1.165, 1.54) is 0 Å². The molecule has 18 heavy (non-hydrogen) atoms. The van der Waals surface area contributed by atoms with Gasteiger partial charge in [-0.15, -0.1) is 18.3 Å². The Labute approximate surface area is 110 Å². The van der Waals surface area contributed by atoms with Crippen molar-refractivity contribution in [3.05, 3.63) is 42.7 Å². The largest absolute Gasteiger partial charge is 0.352 e. The molecule has 2 N–H and O–H groups in total. The maximum absolute atomic E-state index is 11.4. The molecule has 4 nitrogen and oxygen atoms in total. The Morgan fingerprint density at radius 1 is 1.50 bits per heavy atom. The van der Waals surface area contributed by atoms with E-state index in [2.05, 4.69) is 21.9 Å². The highest BCUT2D eigenvalue weighted by molar-refractivity contribution is 7.99. The third-order valence-corrected chi connectivity index (χ3v) is 3.30. The average Bonchev–Trinajstić information content (AvgIpc) is 2.79. The predicted octanol–water partition coefficient (Wildman–Crippen LogP) is 2.10. The van der Waals surface area contributed by atoms with Gasteiger partial charge in [0.05, 0.1) is 22.5 Å². The van der Waals surface area contributed by atoms with Gasteiger partial charge in [-0.3, -0.25) is 4.79 Å². The fraction of sp³-hybridized carbons (Fsp3) is 0.231. The number of carbonyl (C=O) groups excluding carboxylic acids is 1. The molecule has 1 aromatic carbocycles. The summed E-state index contributed by atoms with van der Waals surface area (Å²) in [7, 11) is 0. The van der Waals surface area contributed by atoms with Crippen molar-refractivity contribution in [2.45, 2.75) is 5.75 Å². The molecule has 1 heterocycles. The zero-order valence-corrected chi connectivity index (χ0v) is 10.8. The van der Waals surface area contributed by atoms with Crippen LogP contribution in [0.25, 0.3) is 11.0 Å². The molecule has 0 fully saturated rings. The first-order valence-corrected chi connectivity index (χ1v) is 6.84. The van der Waals surface area contributed by atoms with E-state index in [1.54, 1.807) is 17.8 Å². The van der Waals surface area contributed by atoms with Crippen molar-refractivity contribution >= 4 is 28.7 Å². The minimum Gasteiger partial charge on any atom is -0.352 e. The number of thioether (sulfide) groups is 1. The number of aromatic nitrogens is 2. The molecular weight excluding hydrogens is 246 g/mol. The van der Waals surface area contributed by atoms with Gasteiger partial charge in [-0.1, -0.05) is 18.2 Å². The number of H-pyrrole nitrogens is 1. The summed E-state index contributed by atoms with van der Waals surface area (Å²) in [4.78, 5) is 19.0. The van der Waals surface area contributed by atoms with Gasteiger partial charge in [-0.05, 0) is 12.1 Å².